The van der Waals surface area contributed by atoms with Gasteiger partial charge in [0.2, 0.25) is 0 Å². The van der Waals surface area contributed by atoms with Crippen molar-refractivity contribution in [3.05, 3.63) is 12.2 Å². The van der Waals surface area contributed by atoms with E-state index in [-0.39, 0.29) is 19.3 Å². The van der Waals surface area contributed by atoms with Crippen molar-refractivity contribution < 1.29 is 38.5 Å². The number of carboxylic acids is 1. The molecule has 0 fully saturated rings. The molecule has 0 atom stereocenters. The Morgan fingerprint density at radius 2 is 1.18 bits per heavy atom. The fourth-order valence-corrected chi connectivity index (χ4v) is 1.24. The summed E-state index contributed by atoms with van der Waals surface area (Å²) in [6.45, 7) is 7.69. The van der Waals surface area contributed by atoms with Gasteiger partial charge in [0.05, 0.1) is 6.42 Å². The standard InChI is InChI=1S/C14H20O8/c1-5-10(15)20-14(21-11(16)6-2,22-12(17)7-3)8-9(4)13(18)19/h4-8H2,1-3H3,(H,18,19). The van der Waals surface area contributed by atoms with E-state index in [1.807, 2.05) is 0 Å². The second-order valence-electron chi connectivity index (χ2n) is 4.25. The summed E-state index contributed by atoms with van der Waals surface area (Å²) >= 11 is 0. The minimum atomic E-state index is -2.46. The number of hydrogen-bond donors (Lipinski definition) is 1. The third-order valence-corrected chi connectivity index (χ3v) is 2.41. The number of hydrogen-bond acceptors (Lipinski definition) is 7. The molecule has 0 aromatic carbocycles. The Bertz CT molecular complexity index is 420. The first-order valence-electron chi connectivity index (χ1n) is 6.76. The van der Waals surface area contributed by atoms with Crippen LogP contribution in [0.4, 0.5) is 0 Å². The minimum absolute atomic E-state index is 0.0886. The van der Waals surface area contributed by atoms with Crippen molar-refractivity contribution in [2.45, 2.75) is 52.4 Å². The molecule has 8 heteroatoms. The predicted molar refractivity (Wildman–Crippen MR) is 73.3 cm³/mol. The molecule has 0 bridgehead atoms. The molecule has 1 N–H and O–H groups in total. The number of carbonyl (C=O) groups is 4. The summed E-state index contributed by atoms with van der Waals surface area (Å²) in [5.74, 6) is -6.34. The molecule has 0 rings (SSSR count). The lowest BCUT2D eigenvalue weighted by atomic mass is 10.2. The van der Waals surface area contributed by atoms with Crippen LogP contribution in [0.25, 0.3) is 0 Å². The van der Waals surface area contributed by atoms with Crippen molar-refractivity contribution in [1.82, 2.24) is 0 Å². The molecule has 0 unspecified atom stereocenters. The first-order chi connectivity index (χ1) is 10.2. The molecule has 0 amide bonds. The van der Waals surface area contributed by atoms with Gasteiger partial charge < -0.3 is 19.3 Å². The van der Waals surface area contributed by atoms with Crippen LogP contribution >= 0.6 is 0 Å². The van der Waals surface area contributed by atoms with Gasteiger partial charge in [-0.05, 0) is 0 Å². The first kappa shape index (κ1) is 19.6. The van der Waals surface area contributed by atoms with E-state index in [1.165, 1.54) is 20.8 Å². The maximum absolute atomic E-state index is 11.5. The van der Waals surface area contributed by atoms with E-state index >= 15 is 0 Å². The van der Waals surface area contributed by atoms with Crippen molar-refractivity contribution in [1.29, 1.82) is 0 Å². The highest BCUT2D eigenvalue weighted by atomic mass is 16.9. The van der Waals surface area contributed by atoms with E-state index < -0.39 is 41.8 Å². The molecular weight excluding hydrogens is 296 g/mol. The molecule has 0 aliphatic carbocycles. The second kappa shape index (κ2) is 8.81. The summed E-state index contributed by atoms with van der Waals surface area (Å²) in [5, 5.41) is 8.90. The zero-order valence-corrected chi connectivity index (χ0v) is 12.8. The van der Waals surface area contributed by atoms with Gasteiger partial charge in [-0.25, -0.2) is 4.79 Å². The molecule has 0 aliphatic rings. The maximum atomic E-state index is 11.5. The molecule has 124 valence electrons. The highest BCUT2D eigenvalue weighted by molar-refractivity contribution is 5.86. The zero-order chi connectivity index (χ0) is 17.3. The number of esters is 3. The number of rotatable bonds is 9. The Labute approximate surface area is 128 Å². The van der Waals surface area contributed by atoms with E-state index in [0.29, 0.717) is 0 Å². The lowest BCUT2D eigenvalue weighted by Crippen LogP contribution is -2.45. The average Bonchev–Trinajstić information content (AvgIpc) is 2.46. The van der Waals surface area contributed by atoms with Gasteiger partial charge >= 0.3 is 29.9 Å². The average molecular weight is 316 g/mol. The third kappa shape index (κ3) is 6.38. The molecular formula is C14H20O8. The van der Waals surface area contributed by atoms with Crippen LogP contribution in [0.15, 0.2) is 12.2 Å². The first-order valence-corrected chi connectivity index (χ1v) is 6.76. The molecule has 0 saturated carbocycles. The van der Waals surface area contributed by atoms with Crippen LogP contribution in [0, 0.1) is 0 Å². The van der Waals surface area contributed by atoms with Crippen molar-refractivity contribution in [3.63, 3.8) is 0 Å². The summed E-state index contributed by atoms with van der Waals surface area (Å²) in [6, 6.07) is 0. The van der Waals surface area contributed by atoms with E-state index in [1.54, 1.807) is 0 Å². The molecule has 0 saturated heterocycles. The molecule has 0 heterocycles. The largest absolute Gasteiger partial charge is 0.478 e. The summed E-state index contributed by atoms with van der Waals surface area (Å²) in [5.41, 5.74) is -0.447. The topological polar surface area (TPSA) is 116 Å². The van der Waals surface area contributed by atoms with Gasteiger partial charge in [-0.1, -0.05) is 27.4 Å². The smallest absolute Gasteiger partial charge is 0.427 e. The van der Waals surface area contributed by atoms with Gasteiger partial charge in [-0.15, -0.1) is 0 Å². The van der Waals surface area contributed by atoms with Gasteiger partial charge in [0, 0.05) is 24.8 Å². The Morgan fingerprint density at radius 3 is 1.41 bits per heavy atom. The molecule has 22 heavy (non-hydrogen) atoms. The molecule has 0 aromatic rings. The van der Waals surface area contributed by atoms with E-state index in [4.69, 9.17) is 19.3 Å². The van der Waals surface area contributed by atoms with Crippen LogP contribution in [0.2, 0.25) is 0 Å². The summed E-state index contributed by atoms with van der Waals surface area (Å²) in [6.07, 6.45) is -0.955. The van der Waals surface area contributed by atoms with Crippen molar-refractivity contribution in [3.8, 4) is 0 Å². The van der Waals surface area contributed by atoms with Crippen LogP contribution in [0.5, 0.6) is 0 Å². The predicted octanol–water partition coefficient (Wildman–Crippen LogP) is 1.53. The van der Waals surface area contributed by atoms with Crippen molar-refractivity contribution in [2.24, 2.45) is 0 Å². The number of aliphatic carboxylic acids is 1. The number of ether oxygens (including phenoxy) is 3. The third-order valence-electron chi connectivity index (χ3n) is 2.41. The SMILES string of the molecule is C=C(CC(OC(=O)CC)(OC(=O)CC)OC(=O)CC)C(=O)O. The van der Waals surface area contributed by atoms with Crippen LogP contribution in [0.3, 0.4) is 0 Å². The van der Waals surface area contributed by atoms with E-state index in [2.05, 4.69) is 6.58 Å². The molecule has 0 aliphatic heterocycles. The van der Waals surface area contributed by atoms with Gasteiger partial charge in [-0.2, -0.15) is 0 Å². The van der Waals surface area contributed by atoms with Gasteiger partial charge in [0.25, 0.3) is 0 Å². The monoisotopic (exact) mass is 316 g/mol. The fourth-order valence-electron chi connectivity index (χ4n) is 1.24. The Hall–Kier alpha value is -2.38. The van der Waals surface area contributed by atoms with Crippen LogP contribution in [-0.4, -0.2) is 35.0 Å². The summed E-state index contributed by atoms with van der Waals surface area (Å²) in [7, 11) is 0. The van der Waals surface area contributed by atoms with Gasteiger partial charge in [0.15, 0.2) is 0 Å². The van der Waals surface area contributed by atoms with Gasteiger partial charge in [0.1, 0.15) is 0 Å². The highest BCUT2D eigenvalue weighted by Crippen LogP contribution is 2.26. The summed E-state index contributed by atoms with van der Waals surface area (Å²) in [4.78, 5) is 45.5. The van der Waals surface area contributed by atoms with E-state index in [9.17, 15) is 19.2 Å². The zero-order valence-electron chi connectivity index (χ0n) is 12.8. The number of carbonyl (C=O) groups excluding carboxylic acids is 3. The molecule has 0 spiro atoms. The Morgan fingerprint density at radius 1 is 0.864 bits per heavy atom. The molecule has 0 aromatic heterocycles. The lowest BCUT2D eigenvalue weighted by Gasteiger charge is -2.31. The quantitative estimate of drug-likeness (QED) is 0.387. The minimum Gasteiger partial charge on any atom is -0.478 e. The van der Waals surface area contributed by atoms with Crippen LogP contribution in [-0.2, 0) is 33.4 Å². The van der Waals surface area contributed by atoms with Gasteiger partial charge in [-0.3, -0.25) is 14.4 Å². The maximum Gasteiger partial charge on any atom is 0.427 e. The van der Waals surface area contributed by atoms with Crippen LogP contribution < -0.4 is 0 Å². The Kier molecular flexibility index (Phi) is 7.85. The van der Waals surface area contributed by atoms with Crippen LogP contribution in [0.1, 0.15) is 46.5 Å². The molecule has 8 nitrogen and oxygen atoms in total. The highest BCUT2D eigenvalue weighted by Gasteiger charge is 2.44. The fraction of sp³-hybridized carbons (Fsp3) is 0.571. The van der Waals surface area contributed by atoms with E-state index in [0.717, 1.165) is 0 Å². The second-order valence-corrected chi connectivity index (χ2v) is 4.25. The summed E-state index contributed by atoms with van der Waals surface area (Å²) < 4.78 is 14.7. The normalized spacial score (nSPS) is 10.5. The Balaban J connectivity index is 5.59. The van der Waals surface area contributed by atoms with Crippen molar-refractivity contribution in [2.75, 3.05) is 0 Å². The molecule has 0 radical (unpaired) electrons. The number of carboxylic acid groups (broad SMARTS) is 1. The lowest BCUT2D eigenvalue weighted by molar-refractivity contribution is -0.329. The van der Waals surface area contributed by atoms with Crippen molar-refractivity contribution >= 4 is 23.9 Å².